The number of para-hydroxylation sites is 1. The van der Waals surface area contributed by atoms with Crippen LogP contribution in [0, 0.1) is 0 Å². The fraction of sp³-hybridized carbons (Fsp3) is 0.455. The van der Waals surface area contributed by atoms with E-state index in [0.717, 1.165) is 31.8 Å². The average Bonchev–Trinajstić information content (AvgIpc) is 3.05. The number of ether oxygens (including phenoxy) is 2. The normalized spacial score (nSPS) is 22.1. The number of rotatable bonds is 2. The lowest BCUT2D eigenvalue weighted by Crippen LogP contribution is -1.92. The van der Waals surface area contributed by atoms with Gasteiger partial charge in [-0.15, -0.1) is 0 Å². The second-order valence-electron chi connectivity index (χ2n) is 3.40. The van der Waals surface area contributed by atoms with Gasteiger partial charge in [0.05, 0.1) is 25.9 Å². The van der Waals surface area contributed by atoms with Gasteiger partial charge in [-0.25, -0.2) is 0 Å². The van der Waals surface area contributed by atoms with Gasteiger partial charge < -0.3 is 14.6 Å². The first kappa shape index (κ1) is 9.49. The minimum absolute atomic E-state index is 0.350. The molecule has 3 rings (SSSR count). The SMILES string of the molecule is C1CO1.Oc1ccccc1CC1CO1. The lowest BCUT2D eigenvalue weighted by Gasteiger charge is -1.99. The predicted octanol–water partition coefficient (Wildman–Crippen LogP) is 1.35. The molecule has 14 heavy (non-hydrogen) atoms. The molecule has 2 aliphatic rings. The van der Waals surface area contributed by atoms with Crippen LogP contribution < -0.4 is 0 Å². The molecule has 2 aliphatic heterocycles. The highest BCUT2D eigenvalue weighted by molar-refractivity contribution is 5.32. The fourth-order valence-electron chi connectivity index (χ4n) is 1.11. The van der Waals surface area contributed by atoms with Crippen molar-refractivity contribution in [2.24, 2.45) is 0 Å². The number of benzene rings is 1. The third kappa shape index (κ3) is 3.36. The van der Waals surface area contributed by atoms with Gasteiger partial charge in [0, 0.05) is 6.42 Å². The van der Waals surface area contributed by atoms with E-state index >= 15 is 0 Å². The zero-order valence-electron chi connectivity index (χ0n) is 7.98. The molecule has 76 valence electrons. The monoisotopic (exact) mass is 194 g/mol. The Hall–Kier alpha value is -1.06. The van der Waals surface area contributed by atoms with Gasteiger partial charge in [0.25, 0.3) is 0 Å². The number of phenolic OH excluding ortho intramolecular Hbond substituents is 1. The standard InChI is InChI=1S/C9H10O2.C2H4O/c10-9-4-2-1-3-7(9)5-8-6-11-8;1-2-3-1/h1-4,8,10H,5-6H2;1-2H2. The van der Waals surface area contributed by atoms with Crippen molar-refractivity contribution in [3.63, 3.8) is 0 Å². The molecular formula is C11H14O3. The van der Waals surface area contributed by atoms with Crippen LogP contribution in [0.4, 0.5) is 0 Å². The first-order valence-electron chi connectivity index (χ1n) is 4.82. The van der Waals surface area contributed by atoms with E-state index in [0.29, 0.717) is 11.9 Å². The quantitative estimate of drug-likeness (QED) is 0.723. The Morgan fingerprint density at radius 3 is 2.43 bits per heavy atom. The van der Waals surface area contributed by atoms with Crippen molar-refractivity contribution in [1.29, 1.82) is 0 Å². The number of hydrogen-bond donors (Lipinski definition) is 1. The summed E-state index contributed by atoms with van der Waals surface area (Å²) in [5, 5.41) is 9.33. The van der Waals surface area contributed by atoms with Gasteiger partial charge in [0.15, 0.2) is 0 Å². The molecule has 2 heterocycles. The van der Waals surface area contributed by atoms with Crippen molar-refractivity contribution in [1.82, 2.24) is 0 Å². The number of aromatic hydroxyl groups is 1. The van der Waals surface area contributed by atoms with E-state index in [-0.39, 0.29) is 0 Å². The lowest BCUT2D eigenvalue weighted by atomic mass is 10.1. The Balaban J connectivity index is 0.000000214. The minimum atomic E-state index is 0.350. The van der Waals surface area contributed by atoms with E-state index in [1.165, 1.54) is 0 Å². The van der Waals surface area contributed by atoms with E-state index in [1.54, 1.807) is 6.07 Å². The third-order valence-electron chi connectivity index (χ3n) is 2.05. The Bertz CT molecular complexity index is 290. The largest absolute Gasteiger partial charge is 0.508 e. The summed E-state index contributed by atoms with van der Waals surface area (Å²) in [6.45, 7) is 2.84. The molecule has 0 aliphatic carbocycles. The Labute approximate surface area is 83.3 Å². The highest BCUT2D eigenvalue weighted by Crippen LogP contribution is 2.22. The average molecular weight is 194 g/mol. The van der Waals surface area contributed by atoms with Crippen molar-refractivity contribution in [3.8, 4) is 5.75 Å². The maximum absolute atomic E-state index is 9.33. The summed E-state index contributed by atoms with van der Waals surface area (Å²) in [4.78, 5) is 0. The Morgan fingerprint density at radius 2 is 1.93 bits per heavy atom. The lowest BCUT2D eigenvalue weighted by molar-refractivity contribution is 0.402. The van der Waals surface area contributed by atoms with Crippen LogP contribution in [-0.2, 0) is 15.9 Å². The molecule has 0 amide bonds. The summed E-state index contributed by atoms with van der Waals surface area (Å²) in [5.74, 6) is 0.378. The molecule has 0 aromatic heterocycles. The Morgan fingerprint density at radius 1 is 1.29 bits per heavy atom. The Kier molecular flexibility index (Phi) is 3.01. The molecule has 2 fully saturated rings. The van der Waals surface area contributed by atoms with Crippen LogP contribution in [0.1, 0.15) is 5.56 Å². The second kappa shape index (κ2) is 4.44. The summed E-state index contributed by atoms with van der Waals surface area (Å²) in [6.07, 6.45) is 1.19. The molecule has 2 saturated heterocycles. The van der Waals surface area contributed by atoms with Gasteiger partial charge in [-0.3, -0.25) is 0 Å². The molecule has 1 aromatic rings. The number of epoxide rings is 2. The van der Waals surface area contributed by atoms with E-state index in [4.69, 9.17) is 4.74 Å². The molecule has 0 saturated carbocycles. The summed E-state index contributed by atoms with van der Waals surface area (Å²) in [5.41, 5.74) is 0.981. The molecule has 1 aromatic carbocycles. The van der Waals surface area contributed by atoms with Crippen LogP contribution in [0.3, 0.4) is 0 Å². The van der Waals surface area contributed by atoms with Crippen LogP contribution >= 0.6 is 0 Å². The van der Waals surface area contributed by atoms with Gasteiger partial charge in [-0.2, -0.15) is 0 Å². The van der Waals surface area contributed by atoms with Gasteiger partial charge >= 0.3 is 0 Å². The van der Waals surface area contributed by atoms with Crippen molar-refractivity contribution < 1.29 is 14.6 Å². The predicted molar refractivity (Wildman–Crippen MR) is 52.4 cm³/mol. The van der Waals surface area contributed by atoms with Gasteiger partial charge in [-0.1, -0.05) is 18.2 Å². The third-order valence-corrected chi connectivity index (χ3v) is 2.05. The highest BCUT2D eigenvalue weighted by atomic mass is 16.6. The molecular weight excluding hydrogens is 180 g/mol. The summed E-state index contributed by atoms with van der Waals surface area (Å²) in [6, 6.07) is 7.39. The van der Waals surface area contributed by atoms with Crippen molar-refractivity contribution in [2.75, 3.05) is 19.8 Å². The molecule has 3 heteroatoms. The van der Waals surface area contributed by atoms with Gasteiger partial charge in [0.1, 0.15) is 5.75 Å². The van der Waals surface area contributed by atoms with E-state index in [2.05, 4.69) is 4.74 Å². The molecule has 0 radical (unpaired) electrons. The van der Waals surface area contributed by atoms with Crippen LogP contribution in [-0.4, -0.2) is 31.0 Å². The van der Waals surface area contributed by atoms with E-state index < -0.39 is 0 Å². The molecule has 1 unspecified atom stereocenters. The zero-order valence-corrected chi connectivity index (χ0v) is 7.98. The summed E-state index contributed by atoms with van der Waals surface area (Å²) >= 11 is 0. The fourth-order valence-corrected chi connectivity index (χ4v) is 1.11. The minimum Gasteiger partial charge on any atom is -0.508 e. The first-order valence-corrected chi connectivity index (χ1v) is 4.82. The van der Waals surface area contributed by atoms with E-state index in [9.17, 15) is 5.11 Å². The molecule has 1 atom stereocenters. The van der Waals surface area contributed by atoms with Crippen molar-refractivity contribution in [2.45, 2.75) is 12.5 Å². The molecule has 3 nitrogen and oxygen atoms in total. The highest BCUT2D eigenvalue weighted by Gasteiger charge is 2.23. The maximum Gasteiger partial charge on any atom is 0.118 e. The summed E-state index contributed by atoms with van der Waals surface area (Å²) < 4.78 is 9.56. The van der Waals surface area contributed by atoms with Crippen LogP contribution in [0.5, 0.6) is 5.75 Å². The van der Waals surface area contributed by atoms with Gasteiger partial charge in [0.2, 0.25) is 0 Å². The smallest absolute Gasteiger partial charge is 0.118 e. The molecule has 1 N–H and O–H groups in total. The second-order valence-corrected chi connectivity index (χ2v) is 3.40. The summed E-state index contributed by atoms with van der Waals surface area (Å²) in [7, 11) is 0. The number of hydrogen-bond acceptors (Lipinski definition) is 3. The van der Waals surface area contributed by atoms with Crippen LogP contribution in [0.2, 0.25) is 0 Å². The maximum atomic E-state index is 9.33. The molecule has 0 spiro atoms. The topological polar surface area (TPSA) is 45.3 Å². The molecule has 0 bridgehead atoms. The van der Waals surface area contributed by atoms with E-state index in [1.807, 2.05) is 18.2 Å². The number of phenols is 1. The first-order chi connectivity index (χ1) is 6.86. The van der Waals surface area contributed by atoms with Gasteiger partial charge in [-0.05, 0) is 11.6 Å². The zero-order chi connectivity index (χ0) is 9.80. The van der Waals surface area contributed by atoms with Crippen molar-refractivity contribution in [3.05, 3.63) is 29.8 Å². The van der Waals surface area contributed by atoms with Crippen LogP contribution in [0.15, 0.2) is 24.3 Å². The van der Waals surface area contributed by atoms with Crippen molar-refractivity contribution >= 4 is 0 Å². The van der Waals surface area contributed by atoms with Crippen LogP contribution in [0.25, 0.3) is 0 Å².